The molecule has 3 fully saturated rings. The number of H-pyrrole nitrogens is 1. The number of carbonyl (C=O) groups is 2. The summed E-state index contributed by atoms with van der Waals surface area (Å²) in [5.74, 6) is 1.70. The van der Waals surface area contributed by atoms with Gasteiger partial charge in [-0.25, -0.2) is 4.98 Å². The van der Waals surface area contributed by atoms with E-state index in [1.165, 1.54) is 49.4 Å². The van der Waals surface area contributed by atoms with E-state index in [2.05, 4.69) is 41.4 Å². The van der Waals surface area contributed by atoms with Gasteiger partial charge in [-0.3, -0.25) is 15.0 Å². The molecule has 2 aliphatic carbocycles. The Hall–Kier alpha value is -3.14. The molecular weight excluding hydrogens is 542 g/mol. The molecular formula is C33H57N7O3. The first-order valence-corrected chi connectivity index (χ1v) is 16.1. The van der Waals surface area contributed by atoms with E-state index < -0.39 is 11.9 Å². The lowest BCUT2D eigenvalue weighted by molar-refractivity contribution is -0.122. The van der Waals surface area contributed by atoms with E-state index in [0.29, 0.717) is 23.4 Å². The second kappa shape index (κ2) is 19.9. The lowest BCUT2D eigenvalue weighted by Crippen LogP contribution is -2.39. The number of aliphatic hydroxyl groups excluding tert-OH is 1. The van der Waals surface area contributed by atoms with Crippen LogP contribution in [-0.2, 0) is 9.59 Å². The molecule has 10 heteroatoms. The fraction of sp³-hybridized carbons (Fsp3) is 0.697. The minimum atomic E-state index is -0.638. The van der Waals surface area contributed by atoms with E-state index in [1.54, 1.807) is 6.92 Å². The molecule has 242 valence electrons. The van der Waals surface area contributed by atoms with E-state index in [4.69, 9.17) is 16.2 Å². The molecule has 7 N–H and O–H groups in total. The van der Waals surface area contributed by atoms with E-state index >= 15 is 0 Å². The Bertz CT molecular complexity index is 1090. The molecule has 2 heterocycles. The van der Waals surface area contributed by atoms with Gasteiger partial charge in [0.1, 0.15) is 11.5 Å². The molecule has 0 radical (unpaired) electrons. The van der Waals surface area contributed by atoms with Crippen molar-refractivity contribution in [2.75, 3.05) is 13.2 Å². The smallest absolute Gasteiger partial charge is 0.271 e. The van der Waals surface area contributed by atoms with Crippen molar-refractivity contribution in [1.29, 1.82) is 16.2 Å². The first kappa shape index (κ1) is 37.9. The molecule has 2 atom stereocenters. The molecule has 2 amide bonds. The van der Waals surface area contributed by atoms with Crippen molar-refractivity contribution in [1.82, 2.24) is 20.6 Å². The highest BCUT2D eigenvalue weighted by Crippen LogP contribution is 2.32. The zero-order chi connectivity index (χ0) is 32.5. The molecule has 3 aliphatic rings. The van der Waals surface area contributed by atoms with Gasteiger partial charge < -0.3 is 31.5 Å². The first-order valence-electron chi connectivity index (χ1n) is 16.1. The summed E-state index contributed by atoms with van der Waals surface area (Å²) in [6.45, 7) is 14.8. The molecule has 43 heavy (non-hydrogen) atoms. The van der Waals surface area contributed by atoms with Crippen molar-refractivity contribution in [2.24, 2.45) is 17.8 Å². The second-order valence-corrected chi connectivity index (χ2v) is 11.7. The van der Waals surface area contributed by atoms with Gasteiger partial charge in [0.2, 0.25) is 5.91 Å². The van der Waals surface area contributed by atoms with Crippen LogP contribution in [0.5, 0.6) is 0 Å². The predicted octanol–water partition coefficient (Wildman–Crippen LogP) is 6.21. The number of hydrogen-bond donors (Lipinski definition) is 7. The van der Waals surface area contributed by atoms with Crippen molar-refractivity contribution >= 4 is 28.9 Å². The number of nitrogens with zero attached hydrogens (tertiary/aromatic N) is 1. The van der Waals surface area contributed by atoms with E-state index in [9.17, 15) is 14.7 Å². The molecule has 2 saturated carbocycles. The first-order chi connectivity index (χ1) is 20.5. The normalized spacial score (nSPS) is 19.3. The zero-order valence-electron chi connectivity index (χ0n) is 27.6. The van der Waals surface area contributed by atoms with Gasteiger partial charge in [0.15, 0.2) is 0 Å². The number of imidazole rings is 1. The Labute approximate surface area is 258 Å². The Morgan fingerprint density at radius 1 is 1.07 bits per heavy atom. The second-order valence-electron chi connectivity index (χ2n) is 11.7. The predicted molar refractivity (Wildman–Crippen MR) is 175 cm³/mol. The molecule has 1 aromatic rings. The maximum Gasteiger partial charge on any atom is 0.271 e. The van der Waals surface area contributed by atoms with Crippen LogP contribution in [0.1, 0.15) is 123 Å². The fourth-order valence-electron chi connectivity index (χ4n) is 5.18. The van der Waals surface area contributed by atoms with Gasteiger partial charge in [0, 0.05) is 24.6 Å². The minimum absolute atomic E-state index is 0.0558. The molecule has 0 bridgehead atoms. The van der Waals surface area contributed by atoms with Crippen LogP contribution in [0, 0.1) is 40.9 Å². The summed E-state index contributed by atoms with van der Waals surface area (Å²) >= 11 is 0. The number of rotatable bonds is 9. The van der Waals surface area contributed by atoms with Crippen LogP contribution in [-0.4, -0.2) is 57.2 Å². The van der Waals surface area contributed by atoms with Crippen LogP contribution in [0.3, 0.4) is 0 Å². The molecule has 0 aromatic carbocycles. The summed E-state index contributed by atoms with van der Waals surface area (Å²) in [5.41, 5.74) is 3.94. The minimum Gasteiger partial charge on any atom is -0.394 e. The van der Waals surface area contributed by atoms with Crippen LogP contribution >= 0.6 is 0 Å². The zero-order valence-corrected chi connectivity index (χ0v) is 27.6. The maximum atomic E-state index is 11.8. The van der Waals surface area contributed by atoms with Crippen LogP contribution in [0.2, 0.25) is 0 Å². The van der Waals surface area contributed by atoms with Crippen molar-refractivity contribution in [3.05, 3.63) is 28.9 Å². The summed E-state index contributed by atoms with van der Waals surface area (Å²) in [7, 11) is 0. The molecule has 2 unspecified atom stereocenters. The van der Waals surface area contributed by atoms with Gasteiger partial charge >= 0.3 is 0 Å². The molecule has 1 saturated heterocycles. The molecule has 1 aliphatic heterocycles. The summed E-state index contributed by atoms with van der Waals surface area (Å²) < 4.78 is 0. The molecule has 0 spiro atoms. The maximum absolute atomic E-state index is 11.8. The average molecular weight is 600 g/mol. The van der Waals surface area contributed by atoms with Crippen molar-refractivity contribution in [3.8, 4) is 0 Å². The summed E-state index contributed by atoms with van der Waals surface area (Å²) in [6, 6.07) is -0.638. The Balaban J connectivity index is 0.000000337. The van der Waals surface area contributed by atoms with Crippen LogP contribution < -0.4 is 10.6 Å². The monoisotopic (exact) mass is 599 g/mol. The third-order valence-electron chi connectivity index (χ3n) is 7.99. The summed E-state index contributed by atoms with van der Waals surface area (Å²) in [5, 5.41) is 37.8. The fourth-order valence-corrected chi connectivity index (χ4v) is 5.18. The van der Waals surface area contributed by atoms with Crippen LogP contribution in [0.4, 0.5) is 0 Å². The Kier molecular flexibility index (Phi) is 17.6. The Morgan fingerprint density at radius 2 is 1.70 bits per heavy atom. The van der Waals surface area contributed by atoms with E-state index in [1.807, 2.05) is 20.8 Å². The molecule has 4 rings (SSSR count). The average Bonchev–Trinajstić information content (AvgIpc) is 3.78. The number of aromatic amines is 1. The summed E-state index contributed by atoms with van der Waals surface area (Å²) in [4.78, 5) is 29.3. The lowest BCUT2D eigenvalue weighted by Gasteiger charge is -2.26. The Morgan fingerprint density at radius 3 is 2.12 bits per heavy atom. The number of hydrogen-bond acceptors (Lipinski definition) is 7. The van der Waals surface area contributed by atoms with Gasteiger partial charge in [0.25, 0.3) is 5.91 Å². The number of aliphatic hydroxyl groups is 1. The highest BCUT2D eigenvalue weighted by atomic mass is 16.3. The quantitative estimate of drug-likeness (QED) is 0.167. The van der Waals surface area contributed by atoms with Gasteiger partial charge in [-0.2, -0.15) is 0 Å². The third kappa shape index (κ3) is 13.4. The number of nitrogens with one attached hydrogen (secondary N) is 6. The molecule has 10 nitrogen and oxygen atoms in total. The van der Waals surface area contributed by atoms with E-state index in [-0.39, 0.29) is 29.9 Å². The number of aromatic nitrogens is 2. The van der Waals surface area contributed by atoms with Crippen molar-refractivity contribution in [2.45, 2.75) is 119 Å². The van der Waals surface area contributed by atoms with Crippen LogP contribution in [0.25, 0.3) is 0 Å². The SMILES string of the molecule is CC.CC1CCC(=O)NC1.CCC(C)=C(C(C)=N)C1CCCCC1.Cc1ncc(C(CO)NC(=O)C(=N)C(=N)C2CC2)[nH]1. The van der Waals surface area contributed by atoms with Gasteiger partial charge in [-0.1, -0.05) is 52.5 Å². The number of carbonyl (C=O) groups excluding carboxylic acids is 2. The van der Waals surface area contributed by atoms with Crippen molar-refractivity contribution in [3.63, 3.8) is 0 Å². The summed E-state index contributed by atoms with van der Waals surface area (Å²) in [6.07, 6.45) is 12.9. The highest BCUT2D eigenvalue weighted by Gasteiger charge is 2.32. The topological polar surface area (TPSA) is 179 Å². The van der Waals surface area contributed by atoms with E-state index in [0.717, 1.165) is 44.4 Å². The largest absolute Gasteiger partial charge is 0.394 e. The number of allylic oxidation sites excluding steroid dienone is 2. The number of piperidine rings is 1. The molecule has 1 aromatic heterocycles. The van der Waals surface area contributed by atoms with Gasteiger partial charge in [-0.05, 0) is 76.7 Å². The van der Waals surface area contributed by atoms with Crippen LogP contribution in [0.15, 0.2) is 17.3 Å². The van der Waals surface area contributed by atoms with Gasteiger partial charge in [0.05, 0.1) is 30.3 Å². The highest BCUT2D eigenvalue weighted by molar-refractivity contribution is 6.65. The van der Waals surface area contributed by atoms with Gasteiger partial charge in [-0.15, -0.1) is 0 Å². The van der Waals surface area contributed by atoms with Crippen molar-refractivity contribution < 1.29 is 14.7 Å². The standard InChI is InChI=1S/C13H23N.C12H17N5O2.C6H11NO.C2H6/c1-4-10(2)13(11(3)14)12-8-6-5-7-9-12;1-6-15-4-8(16-6)9(5-18)17-12(19)11(14)10(13)7-2-3-7;1-5-2-3-6(8)7-4-5;1-2/h12,14H,4-9H2,1-3H3;4,7,9,13-14,18H,2-3,5H2,1H3,(H,15,16)(H,17,19);5H,2-4H2,1H3,(H,7,8);1-2H3. The third-order valence-corrected chi connectivity index (χ3v) is 7.99. The lowest BCUT2D eigenvalue weighted by atomic mass is 9.80. The number of amides is 2. The number of aryl methyl sites for hydroxylation is 1.